The predicted octanol–water partition coefficient (Wildman–Crippen LogP) is 1.75. The summed E-state index contributed by atoms with van der Waals surface area (Å²) in [7, 11) is 0. The third-order valence-corrected chi connectivity index (χ3v) is 3.91. The third-order valence-electron chi connectivity index (χ3n) is 3.91. The van der Waals surface area contributed by atoms with E-state index in [1.165, 1.54) is 32.4 Å². The van der Waals surface area contributed by atoms with Crippen LogP contribution in [0.5, 0.6) is 0 Å². The molecule has 1 N–H and O–H groups in total. The summed E-state index contributed by atoms with van der Waals surface area (Å²) in [6.45, 7) is 9.30. The van der Waals surface area contributed by atoms with E-state index in [1.54, 1.807) is 17.1 Å². The second kappa shape index (κ2) is 7.43. The maximum Gasteiger partial charge on any atom is 0.254 e. The lowest BCUT2D eigenvalue weighted by atomic mass is 9.98. The van der Waals surface area contributed by atoms with Crippen molar-refractivity contribution in [3.05, 3.63) is 18.0 Å². The lowest BCUT2D eigenvalue weighted by molar-refractivity contribution is 0.0932. The van der Waals surface area contributed by atoms with Crippen molar-refractivity contribution in [1.82, 2.24) is 20.0 Å². The molecule has 0 spiro atoms. The second-order valence-corrected chi connectivity index (χ2v) is 5.60. The van der Waals surface area contributed by atoms with E-state index in [0.717, 1.165) is 19.6 Å². The molecule has 0 radical (unpaired) electrons. The zero-order valence-electron chi connectivity index (χ0n) is 12.6. The van der Waals surface area contributed by atoms with Crippen molar-refractivity contribution in [3.63, 3.8) is 0 Å². The van der Waals surface area contributed by atoms with Gasteiger partial charge < -0.3 is 10.2 Å². The molecule has 1 aliphatic heterocycles. The molecule has 2 heterocycles. The van der Waals surface area contributed by atoms with E-state index < -0.39 is 0 Å². The largest absolute Gasteiger partial charge is 0.352 e. The number of hydrogen-bond donors (Lipinski definition) is 1. The van der Waals surface area contributed by atoms with Gasteiger partial charge in [0.15, 0.2) is 0 Å². The molecule has 0 saturated carbocycles. The van der Waals surface area contributed by atoms with Crippen LogP contribution in [0.15, 0.2) is 12.4 Å². The number of aromatic nitrogens is 2. The van der Waals surface area contributed by atoms with E-state index in [4.69, 9.17) is 0 Å². The first kappa shape index (κ1) is 15.0. The molecule has 1 unspecified atom stereocenters. The Morgan fingerprint density at radius 1 is 1.50 bits per heavy atom. The fourth-order valence-electron chi connectivity index (χ4n) is 2.83. The van der Waals surface area contributed by atoms with Crippen LogP contribution in [0.3, 0.4) is 0 Å². The quantitative estimate of drug-likeness (QED) is 0.862. The molecule has 1 atom stereocenters. The van der Waals surface area contributed by atoms with Gasteiger partial charge in [-0.2, -0.15) is 5.10 Å². The van der Waals surface area contributed by atoms with Crippen LogP contribution in [-0.4, -0.2) is 46.8 Å². The van der Waals surface area contributed by atoms with Gasteiger partial charge >= 0.3 is 0 Å². The van der Waals surface area contributed by atoms with Crippen LogP contribution in [-0.2, 0) is 6.54 Å². The molecule has 20 heavy (non-hydrogen) atoms. The summed E-state index contributed by atoms with van der Waals surface area (Å²) in [5.41, 5.74) is 0.660. The Kier molecular flexibility index (Phi) is 5.59. The van der Waals surface area contributed by atoms with E-state index >= 15 is 0 Å². The van der Waals surface area contributed by atoms with Crippen molar-refractivity contribution in [3.8, 4) is 0 Å². The Balaban J connectivity index is 1.78. The van der Waals surface area contributed by atoms with Crippen molar-refractivity contribution in [2.75, 3.05) is 26.2 Å². The van der Waals surface area contributed by atoms with Gasteiger partial charge in [-0.3, -0.25) is 9.48 Å². The molecule has 1 aromatic heterocycles. The van der Waals surface area contributed by atoms with Gasteiger partial charge in [-0.15, -0.1) is 0 Å². The van der Waals surface area contributed by atoms with E-state index in [2.05, 4.69) is 22.2 Å². The fraction of sp³-hybridized carbons (Fsp3) is 0.733. The summed E-state index contributed by atoms with van der Waals surface area (Å²) >= 11 is 0. The minimum Gasteiger partial charge on any atom is -0.352 e. The topological polar surface area (TPSA) is 50.2 Å². The monoisotopic (exact) mass is 278 g/mol. The fourth-order valence-corrected chi connectivity index (χ4v) is 2.83. The molecular formula is C15H26N4O. The van der Waals surface area contributed by atoms with Gasteiger partial charge in [-0.1, -0.05) is 6.92 Å². The van der Waals surface area contributed by atoms with Crippen LogP contribution in [0.25, 0.3) is 0 Å². The molecule has 1 amide bonds. The predicted molar refractivity (Wildman–Crippen MR) is 79.7 cm³/mol. The Bertz CT molecular complexity index is 427. The molecule has 0 bridgehead atoms. The second-order valence-electron chi connectivity index (χ2n) is 5.60. The molecule has 2 rings (SSSR count). The SMILES string of the molecule is CCCN1CCCC(CNC(=O)c2cnn(CC)c2)C1. The number of nitrogens with one attached hydrogen (secondary N) is 1. The zero-order valence-corrected chi connectivity index (χ0v) is 12.6. The molecule has 1 saturated heterocycles. The number of amides is 1. The highest BCUT2D eigenvalue weighted by Gasteiger charge is 2.20. The minimum absolute atomic E-state index is 0.00249. The molecule has 0 aromatic carbocycles. The van der Waals surface area contributed by atoms with Crippen LogP contribution < -0.4 is 5.32 Å². The first-order valence-electron chi connectivity index (χ1n) is 7.76. The smallest absolute Gasteiger partial charge is 0.254 e. The maximum atomic E-state index is 12.0. The maximum absolute atomic E-state index is 12.0. The molecule has 1 aromatic rings. The Labute approximate surface area is 121 Å². The highest BCUT2D eigenvalue weighted by atomic mass is 16.1. The van der Waals surface area contributed by atoms with Crippen molar-refractivity contribution < 1.29 is 4.79 Å². The minimum atomic E-state index is -0.00249. The van der Waals surface area contributed by atoms with Crippen molar-refractivity contribution in [2.24, 2.45) is 5.92 Å². The van der Waals surface area contributed by atoms with E-state index in [9.17, 15) is 4.79 Å². The molecular weight excluding hydrogens is 252 g/mol. The summed E-state index contributed by atoms with van der Waals surface area (Å²) in [6.07, 6.45) is 7.11. The number of carbonyl (C=O) groups excluding carboxylic acids is 1. The summed E-state index contributed by atoms with van der Waals surface area (Å²) < 4.78 is 1.78. The number of aryl methyl sites for hydroxylation is 1. The number of hydrogen-bond acceptors (Lipinski definition) is 3. The lowest BCUT2D eigenvalue weighted by Gasteiger charge is -2.32. The van der Waals surface area contributed by atoms with Gasteiger partial charge in [0.2, 0.25) is 0 Å². The highest BCUT2D eigenvalue weighted by molar-refractivity contribution is 5.93. The van der Waals surface area contributed by atoms with Crippen LogP contribution >= 0.6 is 0 Å². The first-order valence-corrected chi connectivity index (χ1v) is 7.76. The number of likely N-dealkylation sites (tertiary alicyclic amines) is 1. The van der Waals surface area contributed by atoms with Gasteiger partial charge in [0.05, 0.1) is 11.8 Å². The van der Waals surface area contributed by atoms with Gasteiger partial charge in [0.25, 0.3) is 5.91 Å². The molecule has 5 nitrogen and oxygen atoms in total. The standard InChI is InChI=1S/C15H26N4O/c1-3-7-18-8-5-6-13(11-18)9-16-15(20)14-10-17-19(4-2)12-14/h10,12-13H,3-9,11H2,1-2H3,(H,16,20). The normalized spacial score (nSPS) is 20.0. The summed E-state index contributed by atoms with van der Waals surface area (Å²) in [5, 5.41) is 7.18. The summed E-state index contributed by atoms with van der Waals surface area (Å²) in [4.78, 5) is 14.6. The molecule has 0 aliphatic carbocycles. The average Bonchev–Trinajstić information content (AvgIpc) is 2.94. The summed E-state index contributed by atoms with van der Waals surface area (Å²) in [5.74, 6) is 0.581. The van der Waals surface area contributed by atoms with Gasteiger partial charge in [0, 0.05) is 25.8 Å². The van der Waals surface area contributed by atoms with Crippen molar-refractivity contribution in [2.45, 2.75) is 39.7 Å². The van der Waals surface area contributed by atoms with Crippen LogP contribution in [0.4, 0.5) is 0 Å². The molecule has 1 aliphatic rings. The van der Waals surface area contributed by atoms with Crippen LogP contribution in [0.1, 0.15) is 43.5 Å². The van der Waals surface area contributed by atoms with E-state index in [0.29, 0.717) is 11.5 Å². The van der Waals surface area contributed by atoms with Gasteiger partial charge in [-0.05, 0) is 45.2 Å². The third kappa shape index (κ3) is 4.07. The molecule has 5 heteroatoms. The summed E-state index contributed by atoms with van der Waals surface area (Å²) in [6, 6.07) is 0. The number of carbonyl (C=O) groups is 1. The van der Waals surface area contributed by atoms with Crippen molar-refractivity contribution in [1.29, 1.82) is 0 Å². The van der Waals surface area contributed by atoms with Crippen LogP contribution in [0, 0.1) is 5.92 Å². The average molecular weight is 278 g/mol. The lowest BCUT2D eigenvalue weighted by Crippen LogP contribution is -2.41. The van der Waals surface area contributed by atoms with E-state index in [-0.39, 0.29) is 5.91 Å². The Morgan fingerprint density at radius 2 is 2.35 bits per heavy atom. The molecule has 112 valence electrons. The van der Waals surface area contributed by atoms with Crippen molar-refractivity contribution >= 4 is 5.91 Å². The number of piperidine rings is 1. The van der Waals surface area contributed by atoms with Crippen LogP contribution in [0.2, 0.25) is 0 Å². The van der Waals surface area contributed by atoms with E-state index in [1.807, 2.05) is 6.92 Å². The number of rotatable bonds is 6. The number of nitrogens with zero attached hydrogens (tertiary/aromatic N) is 3. The Morgan fingerprint density at radius 3 is 3.05 bits per heavy atom. The Hall–Kier alpha value is -1.36. The van der Waals surface area contributed by atoms with Gasteiger partial charge in [0.1, 0.15) is 0 Å². The highest BCUT2D eigenvalue weighted by Crippen LogP contribution is 2.16. The first-order chi connectivity index (χ1) is 9.72. The zero-order chi connectivity index (χ0) is 14.4. The molecule has 1 fully saturated rings. The van der Waals surface area contributed by atoms with Gasteiger partial charge in [-0.25, -0.2) is 0 Å².